The van der Waals surface area contributed by atoms with Crippen LogP contribution in [0.5, 0.6) is 0 Å². The summed E-state index contributed by atoms with van der Waals surface area (Å²) in [6, 6.07) is 2.90. The first-order valence-electron chi connectivity index (χ1n) is 5.24. The van der Waals surface area contributed by atoms with Crippen LogP contribution in [0.15, 0.2) is 11.4 Å². The van der Waals surface area contributed by atoms with Crippen molar-refractivity contribution in [1.29, 1.82) is 0 Å². The van der Waals surface area contributed by atoms with Gasteiger partial charge in [0.15, 0.2) is 0 Å². The first kappa shape index (κ1) is 10.5. The molecule has 1 nitrogen and oxygen atoms in total. The second-order valence-corrected chi connectivity index (χ2v) is 5.29. The van der Waals surface area contributed by atoms with E-state index in [0.29, 0.717) is 6.04 Å². The molecule has 0 saturated carbocycles. The van der Waals surface area contributed by atoms with Gasteiger partial charge in [0.1, 0.15) is 0 Å². The van der Waals surface area contributed by atoms with E-state index < -0.39 is 0 Å². The molecule has 0 amide bonds. The van der Waals surface area contributed by atoms with Gasteiger partial charge in [-0.1, -0.05) is 0 Å². The quantitative estimate of drug-likeness (QED) is 0.777. The van der Waals surface area contributed by atoms with Crippen molar-refractivity contribution < 1.29 is 0 Å². The molecule has 0 saturated heterocycles. The second-order valence-electron chi connectivity index (χ2n) is 3.84. The lowest BCUT2D eigenvalue weighted by molar-refractivity contribution is 0.201. The predicted molar refractivity (Wildman–Crippen MR) is 66.5 cm³/mol. The van der Waals surface area contributed by atoms with Crippen LogP contribution in [-0.4, -0.2) is 23.7 Å². The van der Waals surface area contributed by atoms with E-state index in [1.165, 1.54) is 25.9 Å². The molecule has 3 heteroatoms. The van der Waals surface area contributed by atoms with Crippen LogP contribution in [0.1, 0.15) is 29.8 Å². The lowest BCUT2D eigenvalue weighted by Gasteiger charge is -2.33. The Morgan fingerprint density at radius 1 is 1.64 bits per heavy atom. The number of rotatable bonds is 3. The summed E-state index contributed by atoms with van der Waals surface area (Å²) in [5, 5.41) is 2.23. The van der Waals surface area contributed by atoms with Crippen LogP contribution in [0.25, 0.3) is 0 Å². The van der Waals surface area contributed by atoms with E-state index in [1.54, 1.807) is 10.4 Å². The van der Waals surface area contributed by atoms with Crippen LogP contribution in [0.3, 0.4) is 0 Å². The molecule has 0 bridgehead atoms. The highest BCUT2D eigenvalue weighted by Crippen LogP contribution is 2.32. The summed E-state index contributed by atoms with van der Waals surface area (Å²) >= 11 is 6.18. The Kier molecular flexibility index (Phi) is 3.52. The monoisotopic (exact) mass is 227 g/mol. The minimum Gasteiger partial charge on any atom is -0.296 e. The highest BCUT2D eigenvalue weighted by atomic mass is 32.1. The van der Waals surface area contributed by atoms with Crippen molar-refractivity contribution in [3.05, 3.63) is 21.9 Å². The summed E-state index contributed by atoms with van der Waals surface area (Å²) in [6.07, 6.45) is 2.44. The highest BCUT2D eigenvalue weighted by Gasteiger charge is 2.23. The van der Waals surface area contributed by atoms with Crippen molar-refractivity contribution >= 4 is 24.0 Å². The maximum absolute atomic E-state index is 4.27. The van der Waals surface area contributed by atoms with Crippen LogP contribution >= 0.6 is 24.0 Å². The van der Waals surface area contributed by atoms with Crippen LogP contribution in [0.2, 0.25) is 0 Å². The SMILES string of the molecule is CC1c2ccsc2CCN1CCCS. The molecule has 0 N–H and O–H groups in total. The van der Waals surface area contributed by atoms with E-state index in [2.05, 4.69) is 35.9 Å². The largest absolute Gasteiger partial charge is 0.296 e. The molecular formula is C11H17NS2. The minimum atomic E-state index is 0.616. The van der Waals surface area contributed by atoms with Crippen molar-refractivity contribution in [3.8, 4) is 0 Å². The van der Waals surface area contributed by atoms with Crippen molar-refractivity contribution in [2.75, 3.05) is 18.8 Å². The van der Waals surface area contributed by atoms with Crippen LogP contribution in [0.4, 0.5) is 0 Å². The topological polar surface area (TPSA) is 3.24 Å². The summed E-state index contributed by atoms with van der Waals surface area (Å²) in [5.41, 5.74) is 1.56. The summed E-state index contributed by atoms with van der Waals surface area (Å²) in [4.78, 5) is 4.17. The molecule has 1 atom stereocenters. The third kappa shape index (κ3) is 2.00. The van der Waals surface area contributed by atoms with E-state index in [1.807, 2.05) is 11.3 Å². The molecule has 1 aromatic heterocycles. The molecule has 0 fully saturated rings. The maximum Gasteiger partial charge on any atom is 0.0331 e. The molecule has 2 rings (SSSR count). The molecule has 1 aliphatic heterocycles. The summed E-state index contributed by atoms with van der Waals surface area (Å²) in [6.45, 7) is 4.74. The van der Waals surface area contributed by atoms with Gasteiger partial charge in [0.25, 0.3) is 0 Å². The normalized spacial score (nSPS) is 22.3. The van der Waals surface area contributed by atoms with Crippen LogP contribution in [-0.2, 0) is 6.42 Å². The smallest absolute Gasteiger partial charge is 0.0331 e. The van der Waals surface area contributed by atoms with Crippen LogP contribution < -0.4 is 0 Å². The van der Waals surface area contributed by atoms with Gasteiger partial charge in [0, 0.05) is 17.5 Å². The molecular weight excluding hydrogens is 210 g/mol. The van der Waals surface area contributed by atoms with Crippen molar-refractivity contribution in [2.24, 2.45) is 0 Å². The van der Waals surface area contributed by atoms with Gasteiger partial charge in [-0.05, 0) is 49.1 Å². The molecule has 1 aliphatic rings. The third-order valence-corrected chi connectivity index (χ3v) is 4.32. The predicted octanol–water partition coefficient (Wildman–Crippen LogP) is 2.99. The van der Waals surface area contributed by atoms with Gasteiger partial charge in [-0.15, -0.1) is 11.3 Å². The summed E-state index contributed by atoms with van der Waals surface area (Å²) < 4.78 is 0. The van der Waals surface area contributed by atoms with E-state index in [-0.39, 0.29) is 0 Å². The number of nitrogens with zero attached hydrogens (tertiary/aromatic N) is 1. The Morgan fingerprint density at radius 2 is 2.50 bits per heavy atom. The molecule has 2 heterocycles. The second kappa shape index (κ2) is 4.69. The van der Waals surface area contributed by atoms with Gasteiger partial charge in [0.05, 0.1) is 0 Å². The maximum atomic E-state index is 4.27. The summed E-state index contributed by atoms with van der Waals surface area (Å²) in [7, 11) is 0. The lowest BCUT2D eigenvalue weighted by Crippen LogP contribution is -2.34. The van der Waals surface area contributed by atoms with Gasteiger partial charge < -0.3 is 0 Å². The minimum absolute atomic E-state index is 0.616. The van der Waals surface area contributed by atoms with Crippen molar-refractivity contribution in [3.63, 3.8) is 0 Å². The fourth-order valence-corrected chi connectivity index (χ4v) is 3.24. The van der Waals surface area contributed by atoms with Crippen molar-refractivity contribution in [2.45, 2.75) is 25.8 Å². The number of hydrogen-bond donors (Lipinski definition) is 1. The van der Waals surface area contributed by atoms with E-state index in [9.17, 15) is 0 Å². The number of thiol groups is 1. The van der Waals surface area contributed by atoms with E-state index >= 15 is 0 Å². The molecule has 1 aromatic rings. The molecule has 14 heavy (non-hydrogen) atoms. The molecule has 0 aromatic carbocycles. The molecule has 0 spiro atoms. The Bertz CT molecular complexity index is 295. The number of thiophene rings is 1. The fourth-order valence-electron chi connectivity index (χ4n) is 2.14. The molecule has 0 radical (unpaired) electrons. The number of hydrogen-bond acceptors (Lipinski definition) is 3. The third-order valence-electron chi connectivity index (χ3n) is 3.01. The Balaban J connectivity index is 2.05. The summed E-state index contributed by atoms with van der Waals surface area (Å²) in [5.74, 6) is 1.000. The lowest BCUT2D eigenvalue weighted by atomic mass is 10.0. The zero-order chi connectivity index (χ0) is 9.97. The fraction of sp³-hybridized carbons (Fsp3) is 0.636. The highest BCUT2D eigenvalue weighted by molar-refractivity contribution is 7.80. The van der Waals surface area contributed by atoms with E-state index in [4.69, 9.17) is 0 Å². The molecule has 78 valence electrons. The van der Waals surface area contributed by atoms with Gasteiger partial charge in [-0.2, -0.15) is 12.6 Å². The Labute approximate surface area is 95.5 Å². The Hall–Kier alpha value is 0.01000. The zero-order valence-electron chi connectivity index (χ0n) is 8.57. The van der Waals surface area contributed by atoms with Gasteiger partial charge in [0.2, 0.25) is 0 Å². The average Bonchev–Trinajstić information content (AvgIpc) is 2.66. The van der Waals surface area contributed by atoms with Gasteiger partial charge >= 0.3 is 0 Å². The van der Waals surface area contributed by atoms with Crippen molar-refractivity contribution in [1.82, 2.24) is 4.90 Å². The molecule has 0 aliphatic carbocycles. The standard InChI is InChI=1S/C11H17NS2/c1-9-10-4-8-14-11(10)3-6-12(9)5-2-7-13/h4,8-9,13H,2-3,5-7H2,1H3. The van der Waals surface area contributed by atoms with Gasteiger partial charge in [-0.3, -0.25) is 4.90 Å². The zero-order valence-corrected chi connectivity index (χ0v) is 10.3. The first-order chi connectivity index (χ1) is 6.83. The van der Waals surface area contributed by atoms with Gasteiger partial charge in [-0.25, -0.2) is 0 Å². The average molecular weight is 227 g/mol. The van der Waals surface area contributed by atoms with Crippen LogP contribution in [0, 0.1) is 0 Å². The first-order valence-corrected chi connectivity index (χ1v) is 6.75. The molecule has 1 unspecified atom stereocenters. The van der Waals surface area contributed by atoms with E-state index in [0.717, 1.165) is 5.75 Å². The number of fused-ring (bicyclic) bond motifs is 1. The Morgan fingerprint density at radius 3 is 3.29 bits per heavy atom.